The van der Waals surface area contributed by atoms with Crippen molar-refractivity contribution in [2.24, 2.45) is 4.99 Å². The number of rotatable bonds is 8. The van der Waals surface area contributed by atoms with Gasteiger partial charge in [0.1, 0.15) is 6.17 Å². The van der Waals surface area contributed by atoms with Crippen molar-refractivity contribution in [2.45, 2.75) is 90.8 Å². The summed E-state index contributed by atoms with van der Waals surface area (Å²) in [5, 5.41) is 1.15. The first kappa shape index (κ1) is 22.2. The average Bonchev–Trinajstić information content (AvgIpc) is 3.10. The van der Waals surface area contributed by atoms with Crippen LogP contribution in [0.4, 0.5) is 5.69 Å². The van der Waals surface area contributed by atoms with Gasteiger partial charge in [0.2, 0.25) is 5.91 Å². The van der Waals surface area contributed by atoms with Crippen molar-refractivity contribution in [1.82, 2.24) is 4.90 Å². The van der Waals surface area contributed by atoms with E-state index in [1.807, 2.05) is 16.7 Å². The first-order chi connectivity index (χ1) is 14.1. The molecule has 0 aromatic heterocycles. The number of unbranched alkanes of at least 4 members (excludes halogenated alkanes) is 1. The molecule has 0 spiro atoms. The minimum Gasteiger partial charge on any atom is -0.330 e. The van der Waals surface area contributed by atoms with Gasteiger partial charge in [-0.05, 0) is 49.8 Å². The van der Waals surface area contributed by atoms with E-state index in [9.17, 15) is 4.79 Å². The molecule has 0 bridgehead atoms. The number of amidine groups is 1. The summed E-state index contributed by atoms with van der Waals surface area (Å²) in [6.45, 7) is 7.06. The first-order valence-corrected chi connectivity index (χ1v) is 12.5. The number of anilines is 1. The van der Waals surface area contributed by atoms with E-state index >= 15 is 0 Å². The molecule has 1 unspecified atom stereocenters. The molecule has 1 aliphatic heterocycles. The average molecular weight is 416 g/mol. The standard InChI is InChI=1S/C24H37N3OS/c1-4-6-10-20-13-15-22(16-14-20)27(19(3)28)23-18-29-24(26(23)17-5-2)25-21-11-8-7-9-12-21/h13-16,21,23H,4-12,17-18H2,1-3H3. The number of thioether (sulfide) groups is 1. The van der Waals surface area contributed by atoms with E-state index in [1.165, 1.54) is 50.5 Å². The number of nitrogens with zero attached hydrogens (tertiary/aromatic N) is 3. The lowest BCUT2D eigenvalue weighted by molar-refractivity contribution is -0.117. The molecule has 3 rings (SSSR count). The normalized spacial score (nSPS) is 21.7. The lowest BCUT2D eigenvalue weighted by Crippen LogP contribution is -2.50. The molecule has 1 atom stereocenters. The smallest absolute Gasteiger partial charge is 0.225 e. The number of benzene rings is 1. The minimum absolute atomic E-state index is 0.0567. The summed E-state index contributed by atoms with van der Waals surface area (Å²) in [5.74, 6) is 1.000. The number of amides is 1. The number of hydrogen-bond donors (Lipinski definition) is 0. The van der Waals surface area contributed by atoms with E-state index in [0.29, 0.717) is 6.04 Å². The maximum Gasteiger partial charge on any atom is 0.225 e. The van der Waals surface area contributed by atoms with E-state index in [1.54, 1.807) is 6.92 Å². The Labute approximate surface area is 181 Å². The van der Waals surface area contributed by atoms with E-state index in [2.05, 4.69) is 43.0 Å². The molecule has 29 heavy (non-hydrogen) atoms. The van der Waals surface area contributed by atoms with Gasteiger partial charge in [-0.1, -0.05) is 63.4 Å². The number of aryl methyl sites for hydroxylation is 1. The molecule has 1 saturated heterocycles. The predicted octanol–water partition coefficient (Wildman–Crippen LogP) is 5.86. The quantitative estimate of drug-likeness (QED) is 0.534. The molecule has 1 aromatic carbocycles. The van der Waals surface area contributed by atoms with Crippen LogP contribution in [0.5, 0.6) is 0 Å². The molecule has 2 fully saturated rings. The van der Waals surface area contributed by atoms with Crippen LogP contribution in [0.25, 0.3) is 0 Å². The molecular formula is C24H37N3OS. The van der Waals surface area contributed by atoms with Crippen molar-refractivity contribution >= 4 is 28.5 Å². The van der Waals surface area contributed by atoms with Gasteiger partial charge in [0.15, 0.2) is 5.17 Å². The molecule has 2 aliphatic rings. The van der Waals surface area contributed by atoms with Crippen LogP contribution in [-0.2, 0) is 11.2 Å². The van der Waals surface area contributed by atoms with Gasteiger partial charge < -0.3 is 4.90 Å². The minimum atomic E-state index is 0.0567. The van der Waals surface area contributed by atoms with Crippen LogP contribution in [0, 0.1) is 0 Å². The third-order valence-corrected chi connectivity index (χ3v) is 7.03. The molecule has 1 saturated carbocycles. The van der Waals surface area contributed by atoms with Crippen molar-refractivity contribution in [2.75, 3.05) is 17.2 Å². The van der Waals surface area contributed by atoms with Crippen molar-refractivity contribution in [3.63, 3.8) is 0 Å². The van der Waals surface area contributed by atoms with Gasteiger partial charge in [-0.25, -0.2) is 0 Å². The topological polar surface area (TPSA) is 35.9 Å². The molecule has 1 heterocycles. The van der Waals surface area contributed by atoms with E-state index in [-0.39, 0.29) is 12.1 Å². The fourth-order valence-electron chi connectivity index (χ4n) is 4.39. The van der Waals surface area contributed by atoms with Gasteiger partial charge in [-0.15, -0.1) is 0 Å². The third kappa shape index (κ3) is 5.78. The largest absolute Gasteiger partial charge is 0.330 e. The second-order valence-corrected chi connectivity index (χ2v) is 9.33. The van der Waals surface area contributed by atoms with Gasteiger partial charge >= 0.3 is 0 Å². The Morgan fingerprint density at radius 1 is 1.14 bits per heavy atom. The van der Waals surface area contributed by atoms with Crippen LogP contribution in [0.3, 0.4) is 0 Å². The van der Waals surface area contributed by atoms with Gasteiger partial charge in [0, 0.05) is 24.9 Å². The second-order valence-electron chi connectivity index (χ2n) is 8.35. The van der Waals surface area contributed by atoms with Gasteiger partial charge in [-0.2, -0.15) is 0 Å². The summed E-state index contributed by atoms with van der Waals surface area (Å²) in [6.07, 6.45) is 11.0. The van der Waals surface area contributed by atoms with E-state index < -0.39 is 0 Å². The summed E-state index contributed by atoms with van der Waals surface area (Å²) in [4.78, 5) is 22.2. The van der Waals surface area contributed by atoms with Crippen LogP contribution >= 0.6 is 11.8 Å². The monoisotopic (exact) mass is 415 g/mol. The highest BCUT2D eigenvalue weighted by Gasteiger charge is 2.36. The molecule has 160 valence electrons. The highest BCUT2D eigenvalue weighted by atomic mass is 32.2. The third-order valence-electron chi connectivity index (χ3n) is 5.97. The summed E-state index contributed by atoms with van der Waals surface area (Å²) >= 11 is 1.83. The molecule has 5 heteroatoms. The zero-order chi connectivity index (χ0) is 20.6. The maximum atomic E-state index is 12.7. The van der Waals surface area contributed by atoms with E-state index in [4.69, 9.17) is 4.99 Å². The van der Waals surface area contributed by atoms with Crippen LogP contribution < -0.4 is 4.90 Å². The Kier molecular flexibility index (Phi) is 8.46. The van der Waals surface area contributed by atoms with Crippen LogP contribution in [0.2, 0.25) is 0 Å². The molecule has 1 amide bonds. The Bertz CT molecular complexity index is 682. The molecule has 1 aromatic rings. The van der Waals surface area contributed by atoms with Crippen molar-refractivity contribution < 1.29 is 4.79 Å². The first-order valence-electron chi connectivity index (χ1n) is 11.5. The van der Waals surface area contributed by atoms with Crippen LogP contribution in [0.1, 0.15) is 77.7 Å². The van der Waals surface area contributed by atoms with Crippen molar-refractivity contribution in [3.05, 3.63) is 29.8 Å². The molecule has 4 nitrogen and oxygen atoms in total. The zero-order valence-electron chi connectivity index (χ0n) is 18.4. The molecule has 0 radical (unpaired) electrons. The van der Waals surface area contributed by atoms with Crippen molar-refractivity contribution in [3.8, 4) is 0 Å². The second kappa shape index (κ2) is 11.1. The van der Waals surface area contributed by atoms with Gasteiger partial charge in [0.05, 0.1) is 6.04 Å². The summed E-state index contributed by atoms with van der Waals surface area (Å²) < 4.78 is 0. The SMILES string of the molecule is CCCCc1ccc(N(C(C)=O)C2CSC(=NC3CCCCC3)N2CCC)cc1. The summed E-state index contributed by atoms with van der Waals surface area (Å²) in [7, 11) is 0. The highest BCUT2D eigenvalue weighted by Crippen LogP contribution is 2.32. The maximum absolute atomic E-state index is 12.7. The molecule has 0 N–H and O–H groups in total. The predicted molar refractivity (Wildman–Crippen MR) is 126 cm³/mol. The lowest BCUT2D eigenvalue weighted by Gasteiger charge is -2.35. The Morgan fingerprint density at radius 3 is 2.48 bits per heavy atom. The molecular weight excluding hydrogens is 378 g/mol. The zero-order valence-corrected chi connectivity index (χ0v) is 19.2. The van der Waals surface area contributed by atoms with Gasteiger partial charge in [0.25, 0.3) is 0 Å². The molecule has 1 aliphatic carbocycles. The van der Waals surface area contributed by atoms with Gasteiger partial charge in [-0.3, -0.25) is 14.7 Å². The van der Waals surface area contributed by atoms with E-state index in [0.717, 1.165) is 36.0 Å². The summed E-state index contributed by atoms with van der Waals surface area (Å²) in [6, 6.07) is 9.08. The van der Waals surface area contributed by atoms with Crippen LogP contribution in [-0.4, -0.2) is 40.5 Å². The highest BCUT2D eigenvalue weighted by molar-refractivity contribution is 8.14. The fourth-order valence-corrected chi connectivity index (χ4v) is 5.62. The lowest BCUT2D eigenvalue weighted by atomic mass is 9.96. The number of aliphatic imine (C=N–C) groups is 1. The Morgan fingerprint density at radius 2 is 1.86 bits per heavy atom. The fraction of sp³-hybridized carbons (Fsp3) is 0.667. The Hall–Kier alpha value is -1.49. The Balaban J connectivity index is 1.80. The number of hydrogen-bond acceptors (Lipinski definition) is 3. The number of carbonyl (C=O) groups excluding carboxylic acids is 1. The number of carbonyl (C=O) groups is 1. The summed E-state index contributed by atoms with van der Waals surface area (Å²) in [5.41, 5.74) is 2.35. The van der Waals surface area contributed by atoms with Crippen LogP contribution in [0.15, 0.2) is 29.3 Å². The van der Waals surface area contributed by atoms with Crippen molar-refractivity contribution in [1.29, 1.82) is 0 Å².